The molecule has 10 nitrogen and oxygen atoms in total. The molecule has 0 radical (unpaired) electrons. The molecule has 3 rings (SSSR count). The zero-order chi connectivity index (χ0) is 18.2. The van der Waals surface area contributed by atoms with Crippen LogP contribution in [0, 0.1) is 5.92 Å². The molecule has 1 aliphatic heterocycles. The molecule has 3 N–H and O–H groups in total. The number of likely N-dealkylation sites (tertiary alicyclic amines) is 1. The summed E-state index contributed by atoms with van der Waals surface area (Å²) >= 11 is 0. The van der Waals surface area contributed by atoms with Gasteiger partial charge in [0.1, 0.15) is 12.1 Å². The molecule has 2 aromatic rings. The highest BCUT2D eigenvalue weighted by atomic mass is 16.5. The van der Waals surface area contributed by atoms with Gasteiger partial charge in [0, 0.05) is 39.9 Å². The van der Waals surface area contributed by atoms with Crippen LogP contribution in [0.15, 0.2) is 12.4 Å². The van der Waals surface area contributed by atoms with Gasteiger partial charge in [-0.1, -0.05) is 0 Å². The van der Waals surface area contributed by atoms with E-state index in [0.717, 1.165) is 44.3 Å². The Morgan fingerprint density at radius 2 is 2.32 bits per heavy atom. The summed E-state index contributed by atoms with van der Waals surface area (Å²) in [6.07, 6.45) is 2.78. The van der Waals surface area contributed by atoms with E-state index in [4.69, 9.17) is 20.4 Å². The molecule has 0 bridgehead atoms. The third-order valence-electron chi connectivity index (χ3n) is 4.21. The highest BCUT2D eigenvalue weighted by Gasteiger charge is 2.23. The Balaban J connectivity index is 0.000000701. The van der Waals surface area contributed by atoms with Crippen molar-refractivity contribution in [3.05, 3.63) is 12.4 Å². The van der Waals surface area contributed by atoms with E-state index >= 15 is 0 Å². The summed E-state index contributed by atoms with van der Waals surface area (Å²) in [7, 11) is 3.80. The van der Waals surface area contributed by atoms with Gasteiger partial charge < -0.3 is 25.4 Å². The van der Waals surface area contributed by atoms with Crippen LogP contribution < -0.4 is 10.6 Å². The molecular formula is C15H25N7O3. The van der Waals surface area contributed by atoms with Crippen LogP contribution in [-0.2, 0) is 9.53 Å². The Morgan fingerprint density at radius 3 is 3.04 bits per heavy atom. The lowest BCUT2D eigenvalue weighted by Gasteiger charge is -2.23. The number of nitrogens with zero attached hydrogens (tertiary/aromatic N) is 6. The van der Waals surface area contributed by atoms with Crippen molar-refractivity contribution in [2.24, 2.45) is 5.92 Å². The Bertz CT molecular complexity index is 678. The number of carbonyl (C=O) groups is 1. The van der Waals surface area contributed by atoms with Crippen LogP contribution in [-0.4, -0.2) is 83.0 Å². The monoisotopic (exact) mass is 351 g/mol. The molecule has 0 aromatic carbocycles. The first-order chi connectivity index (χ1) is 12.1. The fraction of sp³-hybridized carbons (Fsp3) is 0.600. The third kappa shape index (κ3) is 5.00. The van der Waals surface area contributed by atoms with E-state index in [1.54, 1.807) is 17.8 Å². The number of hydrogen-bond donors (Lipinski definition) is 2. The zero-order valence-corrected chi connectivity index (χ0v) is 14.6. The second kappa shape index (κ2) is 9.14. The van der Waals surface area contributed by atoms with Crippen molar-refractivity contribution in [2.45, 2.75) is 6.42 Å². The molecule has 2 aromatic heterocycles. The van der Waals surface area contributed by atoms with Crippen LogP contribution >= 0.6 is 0 Å². The van der Waals surface area contributed by atoms with E-state index in [1.165, 1.54) is 6.42 Å². The molecule has 1 fully saturated rings. The zero-order valence-electron chi connectivity index (χ0n) is 14.6. The molecular weight excluding hydrogens is 326 g/mol. The summed E-state index contributed by atoms with van der Waals surface area (Å²) in [5.41, 5.74) is 6.67. The first kappa shape index (κ1) is 18.9. The van der Waals surface area contributed by atoms with Gasteiger partial charge in [-0.15, -0.1) is 10.2 Å². The van der Waals surface area contributed by atoms with Crippen LogP contribution in [0.4, 0.5) is 11.8 Å². The molecule has 25 heavy (non-hydrogen) atoms. The van der Waals surface area contributed by atoms with Gasteiger partial charge >= 0.3 is 0 Å². The van der Waals surface area contributed by atoms with Crippen molar-refractivity contribution in [1.29, 1.82) is 0 Å². The van der Waals surface area contributed by atoms with Gasteiger partial charge in [-0.3, -0.25) is 9.20 Å². The molecule has 138 valence electrons. The summed E-state index contributed by atoms with van der Waals surface area (Å²) in [6, 6.07) is 1.92. The maximum Gasteiger partial charge on any atom is 0.290 e. The van der Waals surface area contributed by atoms with E-state index in [-0.39, 0.29) is 6.47 Å². The smallest absolute Gasteiger partial charge is 0.290 e. The topological polar surface area (TPSA) is 122 Å². The molecule has 1 atom stereocenters. The number of nitrogen functional groups attached to an aromatic ring is 1. The van der Waals surface area contributed by atoms with Crippen molar-refractivity contribution < 1.29 is 14.6 Å². The molecule has 1 aliphatic rings. The number of fused-ring (bicyclic) bond motifs is 1. The standard InChI is InChI=1S/C14H23N7O.CH2O2/c1-19(8-11-3-4-20(9-11)5-6-22-2)12-7-13-18-16-10-21(13)14(15)17-12;2-1-3/h7,10-11H,3-6,8-9H2,1-2H3,(H2,15,17);1H,(H,2,3). The van der Waals surface area contributed by atoms with Crippen LogP contribution in [0.2, 0.25) is 0 Å². The highest BCUT2D eigenvalue weighted by Crippen LogP contribution is 2.20. The second-order valence-electron chi connectivity index (χ2n) is 5.97. The van der Waals surface area contributed by atoms with Crippen molar-refractivity contribution in [3.8, 4) is 0 Å². The number of carboxylic acid groups (broad SMARTS) is 1. The minimum Gasteiger partial charge on any atom is -0.483 e. The number of methoxy groups -OCH3 is 1. The fourth-order valence-corrected chi connectivity index (χ4v) is 3.00. The van der Waals surface area contributed by atoms with E-state index in [0.29, 0.717) is 11.9 Å². The van der Waals surface area contributed by atoms with E-state index < -0.39 is 0 Å². The van der Waals surface area contributed by atoms with Gasteiger partial charge in [0.15, 0.2) is 5.65 Å². The third-order valence-corrected chi connectivity index (χ3v) is 4.21. The van der Waals surface area contributed by atoms with Gasteiger partial charge in [0.05, 0.1) is 6.61 Å². The largest absolute Gasteiger partial charge is 0.483 e. The average Bonchev–Trinajstić information content (AvgIpc) is 3.23. The molecule has 0 saturated carbocycles. The molecule has 1 unspecified atom stereocenters. The van der Waals surface area contributed by atoms with Crippen molar-refractivity contribution in [3.63, 3.8) is 0 Å². The van der Waals surface area contributed by atoms with E-state index in [1.807, 2.05) is 13.1 Å². The minimum atomic E-state index is -0.250. The Kier molecular flexibility index (Phi) is 6.90. The summed E-state index contributed by atoms with van der Waals surface area (Å²) in [6.45, 7) is 4.76. The summed E-state index contributed by atoms with van der Waals surface area (Å²) in [4.78, 5) is 17.4. The Morgan fingerprint density at radius 1 is 1.56 bits per heavy atom. The maximum absolute atomic E-state index is 8.36. The average molecular weight is 351 g/mol. The summed E-state index contributed by atoms with van der Waals surface area (Å²) in [5, 5.41) is 14.8. The van der Waals surface area contributed by atoms with Crippen molar-refractivity contribution in [1.82, 2.24) is 24.5 Å². The number of aromatic nitrogens is 4. The number of anilines is 2. The second-order valence-corrected chi connectivity index (χ2v) is 5.97. The fourth-order valence-electron chi connectivity index (χ4n) is 3.00. The van der Waals surface area contributed by atoms with Crippen LogP contribution in [0.5, 0.6) is 0 Å². The van der Waals surface area contributed by atoms with E-state index in [9.17, 15) is 0 Å². The molecule has 1 saturated heterocycles. The molecule has 0 aliphatic carbocycles. The summed E-state index contributed by atoms with van der Waals surface area (Å²) in [5.74, 6) is 1.89. The number of ether oxygens (including phenoxy) is 1. The number of rotatable bonds is 6. The normalized spacial score (nSPS) is 17.3. The number of hydrogen-bond acceptors (Lipinski definition) is 8. The first-order valence-corrected chi connectivity index (χ1v) is 8.05. The SMILES string of the molecule is COCCN1CCC(CN(C)c2cc3nncn3c(N)n2)C1.O=CO. The molecule has 0 amide bonds. The van der Waals surface area contributed by atoms with Gasteiger partial charge in [0.2, 0.25) is 5.95 Å². The maximum atomic E-state index is 8.36. The van der Waals surface area contributed by atoms with Crippen LogP contribution in [0.25, 0.3) is 5.65 Å². The van der Waals surface area contributed by atoms with Crippen LogP contribution in [0.1, 0.15) is 6.42 Å². The van der Waals surface area contributed by atoms with Crippen molar-refractivity contribution >= 4 is 23.9 Å². The Hall–Kier alpha value is -2.46. The van der Waals surface area contributed by atoms with Crippen molar-refractivity contribution in [2.75, 3.05) is 57.6 Å². The first-order valence-electron chi connectivity index (χ1n) is 8.05. The molecule has 0 spiro atoms. The summed E-state index contributed by atoms with van der Waals surface area (Å²) < 4.78 is 6.82. The quantitative estimate of drug-likeness (QED) is 0.682. The molecule has 3 heterocycles. The highest BCUT2D eigenvalue weighted by molar-refractivity contribution is 5.54. The minimum absolute atomic E-state index is 0.250. The molecule has 10 heteroatoms. The van der Waals surface area contributed by atoms with Gasteiger partial charge in [-0.25, -0.2) is 0 Å². The lowest BCUT2D eigenvalue weighted by atomic mass is 10.1. The van der Waals surface area contributed by atoms with Crippen LogP contribution in [0.3, 0.4) is 0 Å². The van der Waals surface area contributed by atoms with Gasteiger partial charge in [0.25, 0.3) is 6.47 Å². The number of nitrogens with two attached hydrogens (primary N) is 1. The predicted octanol–water partition coefficient (Wildman–Crippen LogP) is -0.188. The lowest BCUT2D eigenvalue weighted by molar-refractivity contribution is -0.122. The van der Waals surface area contributed by atoms with Gasteiger partial charge in [-0.05, 0) is 18.9 Å². The van der Waals surface area contributed by atoms with Gasteiger partial charge in [-0.2, -0.15) is 4.98 Å². The predicted molar refractivity (Wildman–Crippen MR) is 93.6 cm³/mol. The Labute approximate surface area is 146 Å². The van der Waals surface area contributed by atoms with E-state index in [2.05, 4.69) is 25.0 Å². The lowest BCUT2D eigenvalue weighted by Crippen LogP contribution is -2.30.